The molecule has 0 spiro atoms. The fourth-order valence-corrected chi connectivity index (χ4v) is 4.42. The van der Waals surface area contributed by atoms with E-state index in [1.54, 1.807) is 0 Å². The fraction of sp³-hybridized carbons (Fsp3) is 1.00. The monoisotopic (exact) mass is 488 g/mol. The van der Waals surface area contributed by atoms with Gasteiger partial charge in [-0.2, -0.15) is 0 Å². The maximum Gasteiger partial charge on any atom is 0.325 e. The summed E-state index contributed by atoms with van der Waals surface area (Å²) in [6, 6.07) is 0. The van der Waals surface area contributed by atoms with Crippen molar-refractivity contribution in [3.63, 3.8) is 0 Å². The van der Waals surface area contributed by atoms with Crippen LogP contribution < -0.4 is 0 Å². The quantitative estimate of drug-likeness (QED) is 0.0802. The molecule has 0 heterocycles. The van der Waals surface area contributed by atoms with Crippen LogP contribution in [0.25, 0.3) is 0 Å². The first kappa shape index (κ1) is 25.9. The molecular weight excluding hydrogens is 446 g/mol. The number of halogens is 1. The van der Waals surface area contributed by atoms with Gasteiger partial charge in [0.15, 0.2) is 0 Å². The van der Waals surface area contributed by atoms with E-state index in [-0.39, 0.29) is 6.16 Å². The third kappa shape index (κ3) is 24.9. The Morgan fingerprint density at radius 2 is 0.720 bits per heavy atom. The highest BCUT2D eigenvalue weighted by Crippen LogP contribution is 2.35. The van der Waals surface area contributed by atoms with Crippen LogP contribution in [0.15, 0.2) is 0 Å². The molecule has 0 amide bonds. The average molecular weight is 488 g/mol. The van der Waals surface area contributed by atoms with Gasteiger partial charge < -0.3 is 9.79 Å². The second-order valence-corrected chi connectivity index (χ2v) is 10.3. The van der Waals surface area contributed by atoms with Crippen molar-refractivity contribution >= 4 is 30.2 Å². The molecule has 0 aromatic heterocycles. The first-order chi connectivity index (χ1) is 12.1. The Morgan fingerprint density at radius 1 is 0.480 bits per heavy atom. The molecule has 0 rings (SSSR count). The third-order valence-corrected chi connectivity index (χ3v) is 6.49. The van der Waals surface area contributed by atoms with E-state index < -0.39 is 7.60 Å². The summed E-state index contributed by atoms with van der Waals surface area (Å²) in [6.45, 7) is 0. The van der Waals surface area contributed by atoms with E-state index in [1.807, 2.05) is 0 Å². The molecule has 0 fully saturated rings. The van der Waals surface area contributed by atoms with Gasteiger partial charge in [-0.05, 0) is 17.3 Å². The van der Waals surface area contributed by atoms with Crippen molar-refractivity contribution in [3.8, 4) is 0 Å². The van der Waals surface area contributed by atoms with Gasteiger partial charge in [0.1, 0.15) is 0 Å². The van der Waals surface area contributed by atoms with E-state index in [0.29, 0.717) is 6.42 Å². The van der Waals surface area contributed by atoms with Gasteiger partial charge in [-0.25, -0.2) is 0 Å². The molecule has 0 aliphatic heterocycles. The van der Waals surface area contributed by atoms with Gasteiger partial charge in [-0.1, -0.05) is 125 Å². The lowest BCUT2D eigenvalue weighted by Crippen LogP contribution is -1.88. The number of rotatable bonds is 20. The van der Waals surface area contributed by atoms with Crippen molar-refractivity contribution in [2.24, 2.45) is 0 Å². The molecule has 0 radical (unpaired) electrons. The SMILES string of the molecule is O=P(O)(O)CCCCCCCCCCCCCCCCCCCCI. The number of hydrogen-bond donors (Lipinski definition) is 2. The number of hydrogen-bond acceptors (Lipinski definition) is 1. The third-order valence-electron chi connectivity index (χ3n) is 4.83. The Kier molecular flexibility index (Phi) is 20.3. The van der Waals surface area contributed by atoms with Gasteiger partial charge >= 0.3 is 7.60 Å². The van der Waals surface area contributed by atoms with Crippen LogP contribution in [0.5, 0.6) is 0 Å². The van der Waals surface area contributed by atoms with E-state index in [0.717, 1.165) is 12.8 Å². The van der Waals surface area contributed by atoms with Crippen LogP contribution in [0.2, 0.25) is 0 Å². The topological polar surface area (TPSA) is 57.5 Å². The van der Waals surface area contributed by atoms with E-state index >= 15 is 0 Å². The molecule has 25 heavy (non-hydrogen) atoms. The van der Waals surface area contributed by atoms with Crippen molar-refractivity contribution in [2.75, 3.05) is 10.6 Å². The lowest BCUT2D eigenvalue weighted by molar-refractivity contribution is 0.370. The van der Waals surface area contributed by atoms with Crippen LogP contribution in [0, 0.1) is 0 Å². The Bertz CT molecular complexity index is 307. The Balaban J connectivity index is 3.02. The van der Waals surface area contributed by atoms with E-state index in [4.69, 9.17) is 9.79 Å². The highest BCUT2D eigenvalue weighted by Gasteiger charge is 2.10. The van der Waals surface area contributed by atoms with Gasteiger partial charge in [-0.3, -0.25) is 4.57 Å². The molecule has 3 nitrogen and oxygen atoms in total. The molecular formula is C20H42IO3P. The van der Waals surface area contributed by atoms with Crippen LogP contribution in [-0.2, 0) is 4.57 Å². The first-order valence-corrected chi connectivity index (χ1v) is 14.0. The summed E-state index contributed by atoms with van der Waals surface area (Å²) in [5.74, 6) is 0. The second-order valence-electron chi connectivity index (χ2n) is 7.44. The minimum Gasteiger partial charge on any atom is -0.324 e. The lowest BCUT2D eigenvalue weighted by Gasteiger charge is -2.04. The van der Waals surface area contributed by atoms with Crippen molar-refractivity contribution < 1.29 is 14.4 Å². The highest BCUT2D eigenvalue weighted by atomic mass is 127. The Morgan fingerprint density at radius 3 is 0.960 bits per heavy atom. The molecule has 0 aromatic rings. The molecule has 0 aliphatic carbocycles. The summed E-state index contributed by atoms with van der Waals surface area (Å²) in [5.41, 5.74) is 0. The summed E-state index contributed by atoms with van der Waals surface area (Å²) in [5, 5.41) is 0. The lowest BCUT2D eigenvalue weighted by atomic mass is 10.0. The van der Waals surface area contributed by atoms with Crippen molar-refractivity contribution in [1.29, 1.82) is 0 Å². The zero-order valence-electron chi connectivity index (χ0n) is 16.3. The normalized spacial score (nSPS) is 12.0. The molecule has 0 unspecified atom stereocenters. The summed E-state index contributed by atoms with van der Waals surface area (Å²) in [6.07, 6.45) is 23.6. The van der Waals surface area contributed by atoms with E-state index in [9.17, 15) is 4.57 Å². The van der Waals surface area contributed by atoms with E-state index in [2.05, 4.69) is 22.6 Å². The van der Waals surface area contributed by atoms with Crippen LogP contribution in [0.1, 0.15) is 116 Å². The van der Waals surface area contributed by atoms with Crippen molar-refractivity contribution in [3.05, 3.63) is 0 Å². The molecule has 5 heteroatoms. The summed E-state index contributed by atoms with van der Waals surface area (Å²) in [7, 11) is -3.76. The van der Waals surface area contributed by atoms with Crippen LogP contribution in [-0.4, -0.2) is 20.4 Å². The molecule has 2 N–H and O–H groups in total. The number of alkyl halides is 1. The Hall–Kier alpha value is 0.880. The zero-order valence-corrected chi connectivity index (χ0v) is 19.3. The fourth-order valence-electron chi connectivity index (χ4n) is 3.24. The second kappa shape index (κ2) is 19.6. The average Bonchev–Trinajstić information content (AvgIpc) is 2.56. The molecule has 0 bridgehead atoms. The summed E-state index contributed by atoms with van der Waals surface area (Å²) in [4.78, 5) is 17.5. The number of unbranched alkanes of at least 4 members (excludes halogenated alkanes) is 17. The van der Waals surface area contributed by atoms with Gasteiger partial charge in [0.2, 0.25) is 0 Å². The molecule has 0 atom stereocenters. The van der Waals surface area contributed by atoms with Gasteiger partial charge in [-0.15, -0.1) is 0 Å². The summed E-state index contributed by atoms with van der Waals surface area (Å²) >= 11 is 2.47. The van der Waals surface area contributed by atoms with Gasteiger partial charge in [0.25, 0.3) is 0 Å². The predicted octanol–water partition coefficient (Wildman–Crippen LogP) is 7.62. The zero-order chi connectivity index (χ0) is 18.6. The first-order valence-electron chi connectivity index (χ1n) is 10.7. The standard InChI is InChI=1S/C20H42IO3P/c21-19-17-15-13-11-9-7-5-3-1-2-4-6-8-10-12-14-16-18-20-25(22,23)24/h1-20H2,(H2,22,23,24). The van der Waals surface area contributed by atoms with Crippen LogP contribution >= 0.6 is 30.2 Å². The predicted molar refractivity (Wildman–Crippen MR) is 119 cm³/mol. The minimum atomic E-state index is -3.76. The Labute approximate surface area is 170 Å². The maximum absolute atomic E-state index is 10.7. The molecule has 0 aromatic carbocycles. The van der Waals surface area contributed by atoms with Crippen LogP contribution in [0.4, 0.5) is 0 Å². The van der Waals surface area contributed by atoms with Crippen molar-refractivity contribution in [1.82, 2.24) is 0 Å². The maximum atomic E-state index is 10.7. The van der Waals surface area contributed by atoms with Gasteiger partial charge in [0, 0.05) is 6.16 Å². The highest BCUT2D eigenvalue weighted by molar-refractivity contribution is 14.1. The van der Waals surface area contributed by atoms with Crippen LogP contribution in [0.3, 0.4) is 0 Å². The van der Waals surface area contributed by atoms with Crippen molar-refractivity contribution in [2.45, 2.75) is 116 Å². The van der Waals surface area contributed by atoms with Gasteiger partial charge in [0.05, 0.1) is 0 Å². The molecule has 0 saturated heterocycles. The largest absolute Gasteiger partial charge is 0.325 e. The molecule has 0 saturated carbocycles. The minimum absolute atomic E-state index is 0.0611. The van der Waals surface area contributed by atoms with E-state index in [1.165, 1.54) is 101 Å². The molecule has 0 aliphatic rings. The molecule has 152 valence electrons. The summed E-state index contributed by atoms with van der Waals surface area (Å²) < 4.78 is 12.0. The smallest absolute Gasteiger partial charge is 0.324 e.